The Bertz CT molecular complexity index is 364. The Morgan fingerprint density at radius 1 is 1.47 bits per heavy atom. The molecular formula is C11H13BrO3. The van der Waals surface area contributed by atoms with Crippen LogP contribution >= 0.6 is 15.9 Å². The number of benzene rings is 1. The summed E-state index contributed by atoms with van der Waals surface area (Å²) in [6.45, 7) is 3.89. The molecule has 1 aromatic carbocycles. The van der Waals surface area contributed by atoms with E-state index in [-0.39, 0.29) is 0 Å². The van der Waals surface area contributed by atoms with Crippen LogP contribution in [0, 0.1) is 13.8 Å². The molecule has 4 heteroatoms. The highest BCUT2D eigenvalue weighted by Crippen LogP contribution is 2.25. The van der Waals surface area contributed by atoms with Gasteiger partial charge < -0.3 is 9.84 Å². The molecule has 1 N–H and O–H groups in total. The fourth-order valence-electron chi connectivity index (χ4n) is 1.25. The Hall–Kier alpha value is -0.870. The molecule has 0 aliphatic rings. The fraction of sp³-hybridized carbons (Fsp3) is 0.364. The monoisotopic (exact) mass is 272 g/mol. The molecule has 0 heterocycles. The standard InChI is InChI=1S/C11H13BrO3/c1-6-4-8(5-9(12)7(6)2)10(13)11(14)15-3/h4-5,10,13H,1-3H3. The van der Waals surface area contributed by atoms with Crippen molar-refractivity contribution in [2.75, 3.05) is 7.11 Å². The molecule has 0 fully saturated rings. The summed E-state index contributed by atoms with van der Waals surface area (Å²) >= 11 is 3.37. The zero-order valence-electron chi connectivity index (χ0n) is 8.87. The Labute approximate surface area is 97.2 Å². The van der Waals surface area contributed by atoms with Gasteiger partial charge in [-0.25, -0.2) is 4.79 Å². The van der Waals surface area contributed by atoms with Gasteiger partial charge in [-0.15, -0.1) is 0 Å². The zero-order chi connectivity index (χ0) is 11.6. The highest BCUT2D eigenvalue weighted by atomic mass is 79.9. The van der Waals surface area contributed by atoms with E-state index < -0.39 is 12.1 Å². The molecule has 0 aromatic heterocycles. The quantitative estimate of drug-likeness (QED) is 0.841. The highest BCUT2D eigenvalue weighted by molar-refractivity contribution is 9.10. The third-order valence-electron chi connectivity index (χ3n) is 2.37. The second-order valence-corrected chi connectivity index (χ2v) is 4.22. The molecular weight excluding hydrogens is 260 g/mol. The summed E-state index contributed by atoms with van der Waals surface area (Å²) in [6, 6.07) is 3.51. The van der Waals surface area contributed by atoms with E-state index in [1.807, 2.05) is 13.8 Å². The number of aryl methyl sites for hydroxylation is 1. The van der Waals surface area contributed by atoms with Crippen molar-refractivity contribution in [3.05, 3.63) is 33.3 Å². The molecule has 1 rings (SSSR count). The van der Waals surface area contributed by atoms with Gasteiger partial charge in [0, 0.05) is 4.47 Å². The molecule has 1 atom stereocenters. The summed E-state index contributed by atoms with van der Waals surface area (Å²) in [5.41, 5.74) is 2.65. The molecule has 0 spiro atoms. The molecule has 0 bridgehead atoms. The van der Waals surface area contributed by atoms with Gasteiger partial charge in [-0.2, -0.15) is 0 Å². The predicted octanol–water partition coefficient (Wildman–Crippen LogP) is 2.27. The molecule has 0 amide bonds. The summed E-state index contributed by atoms with van der Waals surface area (Å²) in [7, 11) is 1.25. The number of halogens is 1. The van der Waals surface area contributed by atoms with Crippen LogP contribution in [-0.4, -0.2) is 18.2 Å². The average Bonchev–Trinajstić information content (AvgIpc) is 2.23. The van der Waals surface area contributed by atoms with Gasteiger partial charge >= 0.3 is 5.97 Å². The Morgan fingerprint density at radius 2 is 2.07 bits per heavy atom. The van der Waals surface area contributed by atoms with Crippen molar-refractivity contribution in [3.63, 3.8) is 0 Å². The summed E-state index contributed by atoms with van der Waals surface area (Å²) < 4.78 is 5.35. The van der Waals surface area contributed by atoms with Crippen LogP contribution < -0.4 is 0 Å². The second kappa shape index (κ2) is 4.77. The van der Waals surface area contributed by atoms with E-state index in [0.717, 1.165) is 15.6 Å². The minimum atomic E-state index is -1.22. The van der Waals surface area contributed by atoms with Crippen LogP contribution in [0.2, 0.25) is 0 Å². The largest absolute Gasteiger partial charge is 0.467 e. The lowest BCUT2D eigenvalue weighted by Gasteiger charge is -2.12. The lowest BCUT2D eigenvalue weighted by atomic mass is 10.0. The number of ether oxygens (including phenoxy) is 1. The molecule has 1 aromatic rings. The van der Waals surface area contributed by atoms with Crippen molar-refractivity contribution in [2.24, 2.45) is 0 Å². The topological polar surface area (TPSA) is 46.5 Å². The van der Waals surface area contributed by atoms with Crippen molar-refractivity contribution in [2.45, 2.75) is 20.0 Å². The molecule has 1 unspecified atom stereocenters. The van der Waals surface area contributed by atoms with Crippen molar-refractivity contribution in [3.8, 4) is 0 Å². The summed E-state index contributed by atoms with van der Waals surface area (Å²) in [5.74, 6) is -0.648. The first-order valence-corrected chi connectivity index (χ1v) is 5.29. The first-order valence-electron chi connectivity index (χ1n) is 4.50. The van der Waals surface area contributed by atoms with Crippen molar-refractivity contribution in [1.82, 2.24) is 0 Å². The van der Waals surface area contributed by atoms with Crippen LogP contribution in [0.5, 0.6) is 0 Å². The number of hydrogen-bond donors (Lipinski definition) is 1. The van der Waals surface area contributed by atoms with Crippen LogP contribution in [0.4, 0.5) is 0 Å². The van der Waals surface area contributed by atoms with Crippen LogP contribution in [0.3, 0.4) is 0 Å². The maximum absolute atomic E-state index is 11.1. The van der Waals surface area contributed by atoms with Crippen molar-refractivity contribution < 1.29 is 14.6 Å². The molecule has 0 saturated carbocycles. The van der Waals surface area contributed by atoms with Gasteiger partial charge in [0.1, 0.15) is 0 Å². The van der Waals surface area contributed by atoms with Gasteiger partial charge in [0.2, 0.25) is 0 Å². The number of methoxy groups -OCH3 is 1. The van der Waals surface area contributed by atoms with Gasteiger partial charge in [-0.3, -0.25) is 0 Å². The van der Waals surface area contributed by atoms with E-state index in [9.17, 15) is 9.90 Å². The third kappa shape index (κ3) is 2.58. The Kier molecular flexibility index (Phi) is 3.88. The average molecular weight is 273 g/mol. The van der Waals surface area contributed by atoms with E-state index in [4.69, 9.17) is 0 Å². The third-order valence-corrected chi connectivity index (χ3v) is 3.19. The van der Waals surface area contributed by atoms with Gasteiger partial charge in [0.05, 0.1) is 7.11 Å². The first-order chi connectivity index (χ1) is 6.97. The van der Waals surface area contributed by atoms with E-state index in [1.165, 1.54) is 7.11 Å². The number of carbonyl (C=O) groups excluding carboxylic acids is 1. The molecule has 0 saturated heterocycles. The minimum Gasteiger partial charge on any atom is -0.467 e. The smallest absolute Gasteiger partial charge is 0.339 e. The number of hydrogen-bond acceptors (Lipinski definition) is 3. The Balaban J connectivity index is 3.11. The molecule has 3 nitrogen and oxygen atoms in total. The molecule has 82 valence electrons. The van der Waals surface area contributed by atoms with E-state index in [0.29, 0.717) is 5.56 Å². The lowest BCUT2D eigenvalue weighted by Crippen LogP contribution is -2.13. The van der Waals surface area contributed by atoms with Gasteiger partial charge in [-0.1, -0.05) is 22.0 Å². The number of aliphatic hydroxyl groups excluding tert-OH is 1. The molecule has 0 aliphatic heterocycles. The molecule has 0 aliphatic carbocycles. The number of rotatable bonds is 2. The summed E-state index contributed by atoms with van der Waals surface area (Å²) in [4.78, 5) is 11.1. The van der Waals surface area contributed by atoms with Gasteiger partial charge in [0.15, 0.2) is 6.10 Å². The van der Waals surface area contributed by atoms with E-state index in [1.54, 1.807) is 12.1 Å². The normalized spacial score (nSPS) is 12.3. The summed E-state index contributed by atoms with van der Waals surface area (Å²) in [6.07, 6.45) is -1.22. The van der Waals surface area contributed by atoms with Crippen LogP contribution in [-0.2, 0) is 9.53 Å². The van der Waals surface area contributed by atoms with Crippen molar-refractivity contribution >= 4 is 21.9 Å². The maximum Gasteiger partial charge on any atom is 0.339 e. The lowest BCUT2D eigenvalue weighted by molar-refractivity contribution is -0.150. The zero-order valence-corrected chi connectivity index (χ0v) is 10.5. The predicted molar refractivity (Wildman–Crippen MR) is 60.6 cm³/mol. The van der Waals surface area contributed by atoms with Crippen LogP contribution in [0.1, 0.15) is 22.8 Å². The number of carbonyl (C=O) groups is 1. The fourth-order valence-corrected chi connectivity index (χ4v) is 1.83. The number of esters is 1. The first kappa shape index (κ1) is 12.2. The van der Waals surface area contributed by atoms with Gasteiger partial charge in [0.25, 0.3) is 0 Å². The van der Waals surface area contributed by atoms with E-state index in [2.05, 4.69) is 20.7 Å². The molecule has 15 heavy (non-hydrogen) atoms. The Morgan fingerprint density at radius 3 is 2.53 bits per heavy atom. The van der Waals surface area contributed by atoms with Crippen molar-refractivity contribution in [1.29, 1.82) is 0 Å². The van der Waals surface area contributed by atoms with Crippen LogP contribution in [0.25, 0.3) is 0 Å². The van der Waals surface area contributed by atoms with Gasteiger partial charge in [-0.05, 0) is 36.6 Å². The number of aliphatic hydroxyl groups is 1. The minimum absolute atomic E-state index is 0.539. The SMILES string of the molecule is COC(=O)C(O)c1cc(C)c(C)c(Br)c1. The second-order valence-electron chi connectivity index (χ2n) is 3.37. The maximum atomic E-state index is 11.1. The van der Waals surface area contributed by atoms with Crippen LogP contribution in [0.15, 0.2) is 16.6 Å². The highest BCUT2D eigenvalue weighted by Gasteiger charge is 2.19. The summed E-state index contributed by atoms with van der Waals surface area (Å²) in [5, 5.41) is 9.63. The molecule has 0 radical (unpaired) electrons. The van der Waals surface area contributed by atoms with E-state index >= 15 is 0 Å².